The second kappa shape index (κ2) is 9.88. The van der Waals surface area contributed by atoms with Crippen molar-refractivity contribution in [1.82, 2.24) is 5.32 Å². The Labute approximate surface area is 163 Å². The van der Waals surface area contributed by atoms with Crippen LogP contribution in [0.4, 0.5) is 14.5 Å². The largest absolute Gasteiger partial charge is 0.356 e. The summed E-state index contributed by atoms with van der Waals surface area (Å²) < 4.78 is 24.7. The van der Waals surface area contributed by atoms with E-state index in [0.29, 0.717) is 27.7 Å². The van der Waals surface area contributed by atoms with Gasteiger partial charge in [0.25, 0.3) is 5.76 Å². The number of anilines is 1. The third-order valence-electron chi connectivity index (χ3n) is 3.81. The highest BCUT2D eigenvalue weighted by Gasteiger charge is 2.09. The molecule has 0 amide bonds. The third-order valence-corrected chi connectivity index (χ3v) is 4.75. The molecule has 0 spiro atoms. The maximum absolute atomic E-state index is 12.3. The molecular formula is C20H24F2N2S2. The van der Waals surface area contributed by atoms with Crippen molar-refractivity contribution in [2.45, 2.75) is 43.9 Å². The summed E-state index contributed by atoms with van der Waals surface area (Å²) in [5.41, 5.74) is 3.25. The van der Waals surface area contributed by atoms with E-state index >= 15 is 0 Å². The van der Waals surface area contributed by atoms with Crippen LogP contribution in [0.15, 0.2) is 53.4 Å². The van der Waals surface area contributed by atoms with Crippen LogP contribution in [0, 0.1) is 5.92 Å². The molecule has 6 heteroatoms. The molecule has 0 aliphatic rings. The summed E-state index contributed by atoms with van der Waals surface area (Å²) in [6.45, 7) is 6.47. The van der Waals surface area contributed by atoms with Crippen LogP contribution in [0.3, 0.4) is 0 Å². The minimum absolute atomic E-state index is 0.0664. The van der Waals surface area contributed by atoms with Crippen LogP contribution in [0.2, 0.25) is 0 Å². The number of alkyl halides is 2. The van der Waals surface area contributed by atoms with E-state index in [1.54, 1.807) is 24.3 Å². The second-order valence-corrected chi connectivity index (χ2v) is 8.03. The van der Waals surface area contributed by atoms with E-state index in [1.165, 1.54) is 5.56 Å². The monoisotopic (exact) mass is 394 g/mol. The molecule has 0 unspecified atom stereocenters. The van der Waals surface area contributed by atoms with Gasteiger partial charge in [-0.25, -0.2) is 0 Å². The SMILES string of the molecule is CC(C)Cc1ccc([C@H](C)NC(=S)Nc2ccc(SC(F)F)cc2)cc1. The lowest BCUT2D eigenvalue weighted by Gasteiger charge is -2.18. The van der Waals surface area contributed by atoms with Crippen LogP contribution < -0.4 is 10.6 Å². The van der Waals surface area contributed by atoms with Crippen molar-refractivity contribution in [1.29, 1.82) is 0 Å². The second-order valence-electron chi connectivity index (χ2n) is 6.56. The lowest BCUT2D eigenvalue weighted by molar-refractivity contribution is 0.252. The first-order chi connectivity index (χ1) is 12.3. The Hall–Kier alpha value is -1.66. The predicted molar refractivity (Wildman–Crippen MR) is 111 cm³/mol. The summed E-state index contributed by atoms with van der Waals surface area (Å²) in [6.07, 6.45) is 1.07. The zero-order valence-electron chi connectivity index (χ0n) is 15.1. The smallest absolute Gasteiger partial charge is 0.288 e. The van der Waals surface area contributed by atoms with Crippen LogP contribution in [0.1, 0.15) is 37.9 Å². The Morgan fingerprint density at radius 3 is 2.15 bits per heavy atom. The fourth-order valence-corrected chi connectivity index (χ4v) is 3.37. The zero-order chi connectivity index (χ0) is 19.1. The Morgan fingerprint density at radius 2 is 1.62 bits per heavy atom. The average Bonchev–Trinajstić information content (AvgIpc) is 2.56. The van der Waals surface area contributed by atoms with Gasteiger partial charge >= 0.3 is 0 Å². The lowest BCUT2D eigenvalue weighted by Crippen LogP contribution is -2.30. The van der Waals surface area contributed by atoms with Crippen molar-refractivity contribution in [3.05, 3.63) is 59.7 Å². The lowest BCUT2D eigenvalue weighted by atomic mass is 10.00. The van der Waals surface area contributed by atoms with Gasteiger partial charge in [0.1, 0.15) is 0 Å². The number of nitrogens with one attached hydrogen (secondary N) is 2. The molecule has 0 saturated carbocycles. The number of rotatable bonds is 7. The number of halogens is 2. The summed E-state index contributed by atoms with van der Waals surface area (Å²) >= 11 is 5.88. The fraction of sp³-hybridized carbons (Fsp3) is 0.350. The van der Waals surface area contributed by atoms with Gasteiger partial charge in [-0.1, -0.05) is 49.9 Å². The van der Waals surface area contributed by atoms with Gasteiger partial charge in [-0.2, -0.15) is 8.78 Å². The van der Waals surface area contributed by atoms with E-state index in [-0.39, 0.29) is 6.04 Å². The molecule has 2 rings (SSSR count). The van der Waals surface area contributed by atoms with E-state index in [9.17, 15) is 8.78 Å². The standard InChI is InChI=1S/C20H24F2N2S2/c1-13(2)12-15-4-6-16(7-5-15)14(3)23-20(25)24-17-8-10-18(11-9-17)26-19(21)22/h4-11,13-14,19H,12H2,1-3H3,(H2,23,24,25)/t14-/m0/s1. The van der Waals surface area contributed by atoms with Gasteiger partial charge < -0.3 is 10.6 Å². The highest BCUT2D eigenvalue weighted by Crippen LogP contribution is 2.26. The third kappa shape index (κ3) is 6.92. The molecule has 2 N–H and O–H groups in total. The van der Waals surface area contributed by atoms with Crippen LogP contribution in [-0.2, 0) is 6.42 Å². The van der Waals surface area contributed by atoms with Crippen LogP contribution in [0.5, 0.6) is 0 Å². The summed E-state index contributed by atoms with van der Waals surface area (Å²) in [5.74, 6) is -1.78. The molecule has 2 nitrogen and oxygen atoms in total. The highest BCUT2D eigenvalue weighted by atomic mass is 32.2. The van der Waals surface area contributed by atoms with Gasteiger partial charge in [0, 0.05) is 10.6 Å². The number of thiocarbonyl (C=S) groups is 1. The molecule has 0 heterocycles. The van der Waals surface area contributed by atoms with Crippen molar-refractivity contribution < 1.29 is 8.78 Å². The first-order valence-corrected chi connectivity index (χ1v) is 9.83. The Kier molecular flexibility index (Phi) is 7.85. The van der Waals surface area contributed by atoms with E-state index in [4.69, 9.17) is 12.2 Å². The first-order valence-electron chi connectivity index (χ1n) is 8.54. The van der Waals surface area contributed by atoms with Gasteiger partial charge in [0.2, 0.25) is 0 Å². The van der Waals surface area contributed by atoms with E-state index in [1.807, 2.05) is 6.92 Å². The number of thioether (sulfide) groups is 1. The first kappa shape index (κ1) is 20.6. The fourth-order valence-electron chi connectivity index (χ4n) is 2.58. The summed E-state index contributed by atoms with van der Waals surface area (Å²) in [4.78, 5) is 0.527. The quantitative estimate of drug-likeness (QED) is 0.428. The molecule has 2 aromatic carbocycles. The molecule has 0 aliphatic carbocycles. The topological polar surface area (TPSA) is 24.1 Å². The van der Waals surface area contributed by atoms with Gasteiger partial charge in [-0.15, -0.1) is 0 Å². The summed E-state index contributed by atoms with van der Waals surface area (Å²) in [5, 5.41) is 6.83. The molecule has 0 fully saturated rings. The molecule has 0 aliphatic heterocycles. The van der Waals surface area contributed by atoms with Crippen LogP contribution in [-0.4, -0.2) is 10.9 Å². The van der Waals surface area contributed by atoms with Crippen molar-refractivity contribution in [3.63, 3.8) is 0 Å². The molecule has 140 valence electrons. The van der Waals surface area contributed by atoms with Gasteiger partial charge in [0.15, 0.2) is 5.11 Å². The van der Waals surface area contributed by atoms with E-state index in [0.717, 1.165) is 17.7 Å². The van der Waals surface area contributed by atoms with Gasteiger partial charge in [-0.05, 0) is 66.9 Å². The predicted octanol–water partition coefficient (Wildman–Crippen LogP) is 6.25. The molecule has 0 radical (unpaired) electrons. The van der Waals surface area contributed by atoms with Gasteiger partial charge in [0.05, 0.1) is 6.04 Å². The van der Waals surface area contributed by atoms with Crippen molar-refractivity contribution >= 4 is 34.8 Å². The summed E-state index contributed by atoms with van der Waals surface area (Å²) in [7, 11) is 0. The molecule has 1 atom stereocenters. The molecule has 0 saturated heterocycles. The number of hydrogen-bond donors (Lipinski definition) is 2. The van der Waals surface area contributed by atoms with Crippen LogP contribution in [0.25, 0.3) is 0 Å². The minimum atomic E-state index is -2.41. The Morgan fingerprint density at radius 1 is 1.00 bits per heavy atom. The maximum atomic E-state index is 12.3. The van der Waals surface area contributed by atoms with Crippen molar-refractivity contribution in [2.24, 2.45) is 5.92 Å². The molecule has 26 heavy (non-hydrogen) atoms. The molecular weight excluding hydrogens is 370 g/mol. The maximum Gasteiger partial charge on any atom is 0.288 e. The van der Waals surface area contributed by atoms with E-state index < -0.39 is 5.76 Å². The normalized spacial score (nSPS) is 12.3. The molecule has 2 aromatic rings. The molecule has 0 bridgehead atoms. The Balaban J connectivity index is 1.88. The van der Waals surface area contributed by atoms with Crippen molar-refractivity contribution in [2.75, 3.05) is 5.32 Å². The number of benzene rings is 2. The Bertz CT molecular complexity index is 701. The van der Waals surface area contributed by atoms with Gasteiger partial charge in [-0.3, -0.25) is 0 Å². The molecule has 0 aromatic heterocycles. The number of hydrogen-bond acceptors (Lipinski definition) is 2. The van der Waals surface area contributed by atoms with E-state index in [2.05, 4.69) is 48.7 Å². The van der Waals surface area contributed by atoms with Crippen LogP contribution >= 0.6 is 24.0 Å². The highest BCUT2D eigenvalue weighted by molar-refractivity contribution is 7.99. The summed E-state index contributed by atoms with van der Waals surface area (Å²) in [6, 6.07) is 15.4. The zero-order valence-corrected chi connectivity index (χ0v) is 16.8. The minimum Gasteiger partial charge on any atom is -0.356 e. The average molecular weight is 395 g/mol. The van der Waals surface area contributed by atoms with Crippen molar-refractivity contribution in [3.8, 4) is 0 Å².